The van der Waals surface area contributed by atoms with E-state index in [-0.39, 0.29) is 17.0 Å². The second kappa shape index (κ2) is 5.02. The Morgan fingerprint density at radius 1 is 1.50 bits per heavy atom. The summed E-state index contributed by atoms with van der Waals surface area (Å²) in [6.07, 6.45) is 1.79. The number of sulfone groups is 1. The van der Waals surface area contributed by atoms with Crippen LogP contribution in [0.2, 0.25) is 0 Å². The predicted octanol–water partition coefficient (Wildman–Crippen LogP) is 0.480. The molecule has 1 rings (SSSR count). The Hall–Kier alpha value is -0.130. The number of nitrogens with zero attached hydrogens (tertiary/aromatic N) is 1. The van der Waals surface area contributed by atoms with Gasteiger partial charge in [-0.3, -0.25) is 4.90 Å². The van der Waals surface area contributed by atoms with Gasteiger partial charge in [-0.2, -0.15) is 0 Å². The fourth-order valence-electron chi connectivity index (χ4n) is 2.31. The molecule has 0 aliphatic carbocycles. The highest BCUT2D eigenvalue weighted by Gasteiger charge is 2.44. The first-order valence-corrected chi connectivity index (χ1v) is 7.79. The Kier molecular flexibility index (Phi) is 4.37. The highest BCUT2D eigenvalue weighted by Crippen LogP contribution is 2.28. The minimum atomic E-state index is -2.88. The molecule has 1 fully saturated rings. The van der Waals surface area contributed by atoms with E-state index in [0.29, 0.717) is 18.9 Å². The van der Waals surface area contributed by atoms with Gasteiger partial charge in [0.15, 0.2) is 9.84 Å². The van der Waals surface area contributed by atoms with Crippen LogP contribution in [0, 0.1) is 5.92 Å². The summed E-state index contributed by atoms with van der Waals surface area (Å²) in [6.45, 7) is 5.69. The molecule has 0 saturated carbocycles. The summed E-state index contributed by atoms with van der Waals surface area (Å²) in [5.41, 5.74) is 5.48. The maximum absolute atomic E-state index is 11.6. The summed E-state index contributed by atoms with van der Waals surface area (Å²) in [5, 5.41) is 0. The molecule has 96 valence electrons. The monoisotopic (exact) mass is 248 g/mol. The standard InChI is InChI=1S/C11H24N2O2S/c1-4-10(2)7-13(3)11(8-12)5-6-16(14,15)9-11/h10H,4-9,12H2,1-3H3. The Labute approximate surface area is 99.1 Å². The van der Waals surface area contributed by atoms with E-state index >= 15 is 0 Å². The molecule has 2 atom stereocenters. The van der Waals surface area contributed by atoms with Crippen molar-refractivity contribution in [3.63, 3.8) is 0 Å². The van der Waals surface area contributed by atoms with Crippen molar-refractivity contribution in [2.45, 2.75) is 32.2 Å². The van der Waals surface area contributed by atoms with Crippen molar-refractivity contribution in [3.8, 4) is 0 Å². The third-order valence-electron chi connectivity index (χ3n) is 3.84. The summed E-state index contributed by atoms with van der Waals surface area (Å²) in [4.78, 5) is 2.16. The van der Waals surface area contributed by atoms with Crippen LogP contribution in [0.25, 0.3) is 0 Å². The zero-order valence-electron chi connectivity index (χ0n) is 10.6. The van der Waals surface area contributed by atoms with Crippen LogP contribution in [-0.4, -0.2) is 50.5 Å². The quantitative estimate of drug-likeness (QED) is 0.768. The summed E-state index contributed by atoms with van der Waals surface area (Å²) in [7, 11) is -0.875. The first-order chi connectivity index (χ1) is 7.35. The summed E-state index contributed by atoms with van der Waals surface area (Å²) in [6, 6.07) is 0. The van der Waals surface area contributed by atoms with Gasteiger partial charge in [-0.1, -0.05) is 20.3 Å². The fourth-order valence-corrected chi connectivity index (χ4v) is 4.44. The van der Waals surface area contributed by atoms with Crippen molar-refractivity contribution in [3.05, 3.63) is 0 Å². The molecule has 0 spiro atoms. The van der Waals surface area contributed by atoms with Crippen molar-refractivity contribution in [1.82, 2.24) is 4.90 Å². The van der Waals surface area contributed by atoms with Crippen LogP contribution in [0.15, 0.2) is 0 Å². The number of nitrogens with two attached hydrogens (primary N) is 1. The van der Waals surface area contributed by atoms with Crippen LogP contribution < -0.4 is 5.73 Å². The molecule has 1 aliphatic heterocycles. The molecule has 0 radical (unpaired) electrons. The van der Waals surface area contributed by atoms with Crippen LogP contribution in [0.4, 0.5) is 0 Å². The van der Waals surface area contributed by atoms with E-state index in [2.05, 4.69) is 18.7 Å². The molecule has 4 nitrogen and oxygen atoms in total. The molecular formula is C11H24N2O2S. The average molecular weight is 248 g/mol. The van der Waals surface area contributed by atoms with Gasteiger partial charge in [0.1, 0.15) is 0 Å². The second-order valence-corrected chi connectivity index (χ2v) is 7.35. The smallest absolute Gasteiger partial charge is 0.152 e. The lowest BCUT2D eigenvalue weighted by Gasteiger charge is -2.38. The molecule has 1 aliphatic rings. The van der Waals surface area contributed by atoms with Gasteiger partial charge in [0.05, 0.1) is 11.5 Å². The first kappa shape index (κ1) is 13.9. The molecule has 16 heavy (non-hydrogen) atoms. The molecule has 2 unspecified atom stereocenters. The SMILES string of the molecule is CCC(C)CN(C)C1(CN)CCS(=O)(=O)C1. The van der Waals surface area contributed by atoms with E-state index < -0.39 is 9.84 Å². The van der Waals surface area contributed by atoms with E-state index in [0.717, 1.165) is 13.0 Å². The Balaban J connectivity index is 2.74. The highest BCUT2D eigenvalue weighted by molar-refractivity contribution is 7.91. The molecule has 0 bridgehead atoms. The minimum Gasteiger partial charge on any atom is -0.329 e. The summed E-state index contributed by atoms with van der Waals surface area (Å²) >= 11 is 0. The number of hydrogen-bond donors (Lipinski definition) is 1. The number of rotatable bonds is 5. The number of hydrogen-bond acceptors (Lipinski definition) is 4. The van der Waals surface area contributed by atoms with Gasteiger partial charge in [-0.15, -0.1) is 0 Å². The van der Waals surface area contributed by atoms with Gasteiger partial charge < -0.3 is 5.73 Å². The predicted molar refractivity (Wildman–Crippen MR) is 67.1 cm³/mol. The maximum atomic E-state index is 11.6. The molecule has 1 saturated heterocycles. The van der Waals surface area contributed by atoms with Gasteiger partial charge in [0.25, 0.3) is 0 Å². The van der Waals surface area contributed by atoms with Gasteiger partial charge >= 0.3 is 0 Å². The van der Waals surface area contributed by atoms with E-state index in [1.165, 1.54) is 0 Å². The van der Waals surface area contributed by atoms with E-state index in [9.17, 15) is 8.42 Å². The van der Waals surface area contributed by atoms with Crippen LogP contribution in [0.5, 0.6) is 0 Å². The number of likely N-dealkylation sites (N-methyl/N-ethyl adjacent to an activating group) is 1. The molecule has 0 amide bonds. The van der Waals surface area contributed by atoms with Crippen molar-refractivity contribution < 1.29 is 8.42 Å². The molecule has 1 heterocycles. The third-order valence-corrected chi connectivity index (χ3v) is 5.64. The normalized spacial score (nSPS) is 30.8. The van der Waals surface area contributed by atoms with Gasteiger partial charge in [0.2, 0.25) is 0 Å². The maximum Gasteiger partial charge on any atom is 0.152 e. The van der Waals surface area contributed by atoms with Crippen molar-refractivity contribution in [2.24, 2.45) is 11.7 Å². The molecule has 2 N–H and O–H groups in total. The Morgan fingerprint density at radius 3 is 2.50 bits per heavy atom. The molecule has 0 aromatic heterocycles. The molecular weight excluding hydrogens is 224 g/mol. The summed E-state index contributed by atoms with van der Waals surface area (Å²) < 4.78 is 23.2. The minimum absolute atomic E-state index is 0.226. The zero-order valence-corrected chi connectivity index (χ0v) is 11.4. The Bertz CT molecular complexity index is 329. The fraction of sp³-hybridized carbons (Fsp3) is 1.00. The van der Waals surface area contributed by atoms with Gasteiger partial charge in [0, 0.05) is 18.6 Å². The zero-order chi connectivity index (χ0) is 12.4. The highest BCUT2D eigenvalue weighted by atomic mass is 32.2. The van der Waals surface area contributed by atoms with Crippen LogP contribution >= 0.6 is 0 Å². The van der Waals surface area contributed by atoms with Crippen molar-refractivity contribution in [2.75, 3.05) is 31.6 Å². The molecule has 0 aromatic rings. The lowest BCUT2D eigenvalue weighted by Crippen LogP contribution is -2.54. The lowest BCUT2D eigenvalue weighted by molar-refractivity contribution is 0.130. The van der Waals surface area contributed by atoms with Crippen molar-refractivity contribution >= 4 is 9.84 Å². The average Bonchev–Trinajstić information content (AvgIpc) is 2.55. The lowest BCUT2D eigenvalue weighted by atomic mass is 9.95. The van der Waals surface area contributed by atoms with Crippen molar-refractivity contribution in [1.29, 1.82) is 0 Å². The molecule has 5 heteroatoms. The van der Waals surface area contributed by atoms with Crippen LogP contribution in [0.1, 0.15) is 26.7 Å². The van der Waals surface area contributed by atoms with Gasteiger partial charge in [-0.05, 0) is 19.4 Å². The van der Waals surface area contributed by atoms with Crippen LogP contribution in [0.3, 0.4) is 0 Å². The third kappa shape index (κ3) is 2.96. The first-order valence-electron chi connectivity index (χ1n) is 5.97. The summed E-state index contributed by atoms with van der Waals surface area (Å²) in [5.74, 6) is 1.09. The molecule has 0 aromatic carbocycles. The van der Waals surface area contributed by atoms with Gasteiger partial charge in [-0.25, -0.2) is 8.42 Å². The Morgan fingerprint density at radius 2 is 2.12 bits per heavy atom. The second-order valence-electron chi connectivity index (χ2n) is 5.16. The van der Waals surface area contributed by atoms with E-state index in [1.54, 1.807) is 0 Å². The van der Waals surface area contributed by atoms with Crippen LogP contribution in [-0.2, 0) is 9.84 Å². The van der Waals surface area contributed by atoms with E-state index in [1.807, 2.05) is 7.05 Å². The largest absolute Gasteiger partial charge is 0.329 e. The van der Waals surface area contributed by atoms with E-state index in [4.69, 9.17) is 5.73 Å². The topological polar surface area (TPSA) is 63.4 Å².